The molecule has 0 spiro atoms. The first-order valence-electron chi connectivity index (χ1n) is 11.1. The fourth-order valence-electron chi connectivity index (χ4n) is 5.81. The van der Waals surface area contributed by atoms with Gasteiger partial charge in [-0.05, 0) is 30.9 Å². The van der Waals surface area contributed by atoms with Crippen LogP contribution in [0.4, 0.5) is 0 Å². The molecule has 3 aliphatic rings. The van der Waals surface area contributed by atoms with Gasteiger partial charge in [0, 0.05) is 56.4 Å². The quantitative estimate of drug-likeness (QED) is 0.842. The molecule has 0 aliphatic carbocycles. The summed E-state index contributed by atoms with van der Waals surface area (Å²) >= 11 is 0. The number of amides is 1. The van der Waals surface area contributed by atoms with Crippen LogP contribution in [0.15, 0.2) is 53.3 Å². The van der Waals surface area contributed by atoms with E-state index in [1.54, 1.807) is 6.07 Å². The van der Waals surface area contributed by atoms with E-state index in [4.69, 9.17) is 0 Å². The number of aliphatic hydroxyl groups is 1. The molecule has 4 atom stereocenters. The van der Waals surface area contributed by atoms with Gasteiger partial charge in [0.25, 0.3) is 5.56 Å². The molecule has 1 aromatic carbocycles. The average molecular weight is 408 g/mol. The number of piperidine rings is 1. The van der Waals surface area contributed by atoms with Crippen LogP contribution in [-0.4, -0.2) is 51.1 Å². The third kappa shape index (κ3) is 3.19. The van der Waals surface area contributed by atoms with E-state index in [1.165, 1.54) is 6.42 Å². The Balaban J connectivity index is 1.56. The number of rotatable bonds is 4. The summed E-state index contributed by atoms with van der Waals surface area (Å²) in [5.74, 6) is 0.0314. The van der Waals surface area contributed by atoms with Gasteiger partial charge in [0.05, 0.1) is 12.1 Å². The smallest absolute Gasteiger partial charge is 0.250 e. The largest absolute Gasteiger partial charge is 0.396 e. The number of benzene rings is 1. The maximum Gasteiger partial charge on any atom is 0.250 e. The number of carbonyl (C=O) groups excluding carboxylic acids is 1. The first-order valence-corrected chi connectivity index (χ1v) is 11.1. The van der Waals surface area contributed by atoms with Crippen molar-refractivity contribution in [3.05, 3.63) is 70.1 Å². The van der Waals surface area contributed by atoms with E-state index < -0.39 is 0 Å². The van der Waals surface area contributed by atoms with Crippen molar-refractivity contribution in [3.8, 4) is 0 Å². The summed E-state index contributed by atoms with van der Waals surface area (Å²) in [6.45, 7) is 2.77. The normalized spacial score (nSPS) is 28.4. The summed E-state index contributed by atoms with van der Waals surface area (Å²) in [4.78, 5) is 30.4. The second kappa shape index (κ2) is 8.00. The molecule has 158 valence electrons. The summed E-state index contributed by atoms with van der Waals surface area (Å²) in [5, 5.41) is 10.4. The summed E-state index contributed by atoms with van der Waals surface area (Å²) in [6, 6.07) is 15.2. The first-order chi connectivity index (χ1) is 14.7. The zero-order chi connectivity index (χ0) is 20.7. The molecule has 2 aromatic rings. The molecular weight excluding hydrogens is 378 g/mol. The summed E-state index contributed by atoms with van der Waals surface area (Å²) in [6.07, 6.45) is 3.27. The number of nitrogens with zero attached hydrogens (tertiary/aromatic N) is 3. The van der Waals surface area contributed by atoms with Gasteiger partial charge in [-0.1, -0.05) is 36.4 Å². The summed E-state index contributed by atoms with van der Waals surface area (Å²) in [7, 11) is 0. The van der Waals surface area contributed by atoms with Gasteiger partial charge in [-0.2, -0.15) is 0 Å². The molecule has 0 bridgehead atoms. The van der Waals surface area contributed by atoms with Crippen molar-refractivity contribution >= 4 is 5.91 Å². The van der Waals surface area contributed by atoms with Crippen LogP contribution in [0.2, 0.25) is 0 Å². The Bertz CT molecular complexity index is 967. The number of carbonyl (C=O) groups is 1. The average Bonchev–Trinajstić information content (AvgIpc) is 3.30. The lowest BCUT2D eigenvalue weighted by molar-refractivity contribution is -0.139. The molecule has 5 rings (SSSR count). The number of hydrogen-bond acceptors (Lipinski definition) is 4. The molecular formula is C24H29N3O3. The third-order valence-electron chi connectivity index (χ3n) is 7.20. The predicted molar refractivity (Wildman–Crippen MR) is 114 cm³/mol. The van der Waals surface area contributed by atoms with Crippen LogP contribution in [0.5, 0.6) is 0 Å². The molecule has 0 saturated carbocycles. The number of likely N-dealkylation sites (tertiary alicyclic amines) is 2. The van der Waals surface area contributed by atoms with E-state index in [2.05, 4.69) is 17.0 Å². The molecule has 30 heavy (non-hydrogen) atoms. The van der Waals surface area contributed by atoms with Gasteiger partial charge in [0.1, 0.15) is 0 Å². The van der Waals surface area contributed by atoms with Crippen molar-refractivity contribution in [1.29, 1.82) is 0 Å². The van der Waals surface area contributed by atoms with E-state index in [1.807, 2.05) is 39.8 Å². The minimum Gasteiger partial charge on any atom is -0.396 e. The predicted octanol–water partition coefficient (Wildman–Crippen LogP) is 2.02. The van der Waals surface area contributed by atoms with Gasteiger partial charge in [-0.25, -0.2) is 0 Å². The first kappa shape index (κ1) is 19.5. The Labute approximate surface area is 176 Å². The molecule has 1 aromatic heterocycles. The maximum absolute atomic E-state index is 13.7. The maximum atomic E-state index is 13.7. The molecule has 2 saturated heterocycles. The van der Waals surface area contributed by atoms with Crippen molar-refractivity contribution in [2.45, 2.75) is 44.4 Å². The molecule has 3 aliphatic heterocycles. The second-order valence-electron chi connectivity index (χ2n) is 8.84. The zero-order valence-electron chi connectivity index (χ0n) is 17.2. The van der Waals surface area contributed by atoms with Crippen molar-refractivity contribution in [2.24, 2.45) is 11.8 Å². The fourth-order valence-corrected chi connectivity index (χ4v) is 5.81. The molecule has 6 nitrogen and oxygen atoms in total. The van der Waals surface area contributed by atoms with Crippen molar-refractivity contribution in [2.75, 3.05) is 19.7 Å². The lowest BCUT2D eigenvalue weighted by atomic mass is 9.88. The highest BCUT2D eigenvalue weighted by Crippen LogP contribution is 2.50. The number of hydrogen-bond donors (Lipinski definition) is 1. The van der Waals surface area contributed by atoms with Crippen molar-refractivity contribution in [3.63, 3.8) is 0 Å². The van der Waals surface area contributed by atoms with Crippen LogP contribution in [0.3, 0.4) is 0 Å². The molecule has 6 heteroatoms. The van der Waals surface area contributed by atoms with Gasteiger partial charge in [-0.3, -0.25) is 14.5 Å². The number of aromatic nitrogens is 1. The standard InChI is InChI=1S/C24H29N3O3/c28-16-19-18-15-26-20(10-7-11-21(26)29)22(18)27(14-17-8-3-1-4-9-17)23(19)24(30)25-12-5-2-6-13-25/h1,3-4,7-11,18-19,22-23,28H,2,5-6,12-16H2/t18-,19-,22+,23-/m1/s1. The van der Waals surface area contributed by atoms with Crippen LogP contribution in [0, 0.1) is 11.8 Å². The Morgan fingerprint density at radius 3 is 2.50 bits per heavy atom. The molecule has 0 unspecified atom stereocenters. The molecule has 2 fully saturated rings. The number of pyridine rings is 1. The monoisotopic (exact) mass is 407 g/mol. The lowest BCUT2D eigenvalue weighted by Gasteiger charge is -2.36. The minimum atomic E-state index is -0.354. The zero-order valence-corrected chi connectivity index (χ0v) is 17.2. The third-order valence-corrected chi connectivity index (χ3v) is 7.20. The van der Waals surface area contributed by atoms with Crippen LogP contribution in [0.1, 0.15) is 36.6 Å². The summed E-state index contributed by atoms with van der Waals surface area (Å²) < 4.78 is 1.83. The Hall–Kier alpha value is -2.44. The highest BCUT2D eigenvalue weighted by molar-refractivity contribution is 5.83. The molecule has 4 heterocycles. The van der Waals surface area contributed by atoms with E-state index in [0.717, 1.165) is 37.2 Å². The summed E-state index contributed by atoms with van der Waals surface area (Å²) in [5.41, 5.74) is 2.11. The fraction of sp³-hybridized carbons (Fsp3) is 0.500. The number of fused-ring (bicyclic) bond motifs is 3. The van der Waals surface area contributed by atoms with Crippen LogP contribution in [0.25, 0.3) is 0 Å². The second-order valence-corrected chi connectivity index (χ2v) is 8.84. The van der Waals surface area contributed by atoms with Crippen LogP contribution >= 0.6 is 0 Å². The van der Waals surface area contributed by atoms with Gasteiger partial charge >= 0.3 is 0 Å². The van der Waals surface area contributed by atoms with Gasteiger partial charge in [0.15, 0.2) is 0 Å². The lowest BCUT2D eigenvalue weighted by Crippen LogP contribution is -2.51. The van der Waals surface area contributed by atoms with Crippen LogP contribution in [-0.2, 0) is 17.9 Å². The van der Waals surface area contributed by atoms with Crippen molar-refractivity contribution in [1.82, 2.24) is 14.4 Å². The van der Waals surface area contributed by atoms with Crippen molar-refractivity contribution < 1.29 is 9.90 Å². The molecule has 1 N–H and O–H groups in total. The van der Waals surface area contributed by atoms with E-state index in [-0.39, 0.29) is 42.0 Å². The Morgan fingerprint density at radius 1 is 1.00 bits per heavy atom. The minimum absolute atomic E-state index is 0.00263. The molecule has 0 radical (unpaired) electrons. The highest BCUT2D eigenvalue weighted by atomic mass is 16.3. The topological polar surface area (TPSA) is 65.8 Å². The highest BCUT2D eigenvalue weighted by Gasteiger charge is 2.56. The SMILES string of the molecule is O=C([C@H]1[C@H](CO)[C@H]2Cn3c(cccc3=O)[C@H]2N1Cc1ccccc1)N1CCCCC1. The van der Waals surface area contributed by atoms with E-state index in [0.29, 0.717) is 13.1 Å². The Morgan fingerprint density at radius 2 is 1.77 bits per heavy atom. The Kier molecular flexibility index (Phi) is 5.21. The van der Waals surface area contributed by atoms with E-state index in [9.17, 15) is 14.7 Å². The number of aliphatic hydroxyl groups excluding tert-OH is 1. The van der Waals surface area contributed by atoms with E-state index >= 15 is 0 Å². The van der Waals surface area contributed by atoms with Gasteiger partial charge in [0.2, 0.25) is 5.91 Å². The van der Waals surface area contributed by atoms with Crippen LogP contribution < -0.4 is 5.56 Å². The van der Waals surface area contributed by atoms with Gasteiger partial charge in [-0.15, -0.1) is 0 Å². The molecule has 1 amide bonds. The van der Waals surface area contributed by atoms with Gasteiger partial charge < -0.3 is 14.6 Å².